The van der Waals surface area contributed by atoms with Crippen LogP contribution in [0.2, 0.25) is 0 Å². The minimum absolute atomic E-state index is 0.299. The molecule has 0 atom stereocenters. The van der Waals surface area contributed by atoms with Crippen molar-refractivity contribution in [1.29, 1.82) is 0 Å². The fraction of sp³-hybridized carbons (Fsp3) is 0.500. The van der Waals surface area contributed by atoms with Gasteiger partial charge in [-0.25, -0.2) is 5.43 Å². The van der Waals surface area contributed by atoms with Gasteiger partial charge in [-0.2, -0.15) is 8.42 Å². The van der Waals surface area contributed by atoms with E-state index >= 15 is 0 Å². The normalized spacial score (nSPS) is 18.3. The van der Waals surface area contributed by atoms with E-state index in [1.165, 1.54) is 6.20 Å². The molecule has 0 aromatic rings. The lowest BCUT2D eigenvalue weighted by Crippen LogP contribution is -2.21. The molecular formula is C4H8N2O3S. The quantitative estimate of drug-likeness (QED) is 0.450. The molecule has 3 N–H and O–H groups in total. The van der Waals surface area contributed by atoms with Crippen molar-refractivity contribution in [2.75, 3.05) is 12.3 Å². The third-order valence-electron chi connectivity index (χ3n) is 1.06. The average Bonchev–Trinajstić information content (AvgIpc) is 2.12. The average molecular weight is 164 g/mol. The molecule has 0 spiro atoms. The molecule has 0 fully saturated rings. The fourth-order valence-electron chi connectivity index (χ4n) is 0.696. The maximum atomic E-state index is 10.2. The van der Waals surface area contributed by atoms with Crippen LogP contribution < -0.4 is 10.9 Å². The van der Waals surface area contributed by atoms with Crippen LogP contribution in [0.25, 0.3) is 0 Å². The Bertz CT molecular complexity index is 243. The third kappa shape index (κ3) is 2.34. The van der Waals surface area contributed by atoms with Crippen molar-refractivity contribution in [1.82, 2.24) is 10.9 Å². The maximum absolute atomic E-state index is 10.2. The molecular weight excluding hydrogens is 156 g/mol. The van der Waals surface area contributed by atoms with Crippen LogP contribution in [0.5, 0.6) is 0 Å². The van der Waals surface area contributed by atoms with E-state index in [0.717, 1.165) is 0 Å². The van der Waals surface area contributed by atoms with Crippen LogP contribution in [-0.2, 0) is 10.1 Å². The maximum Gasteiger partial charge on any atom is 0.268 e. The molecule has 0 bridgehead atoms. The lowest BCUT2D eigenvalue weighted by Gasteiger charge is -1.94. The highest BCUT2D eigenvalue weighted by molar-refractivity contribution is 7.86. The molecule has 1 aliphatic heterocycles. The lowest BCUT2D eigenvalue weighted by molar-refractivity contribution is 0.485. The van der Waals surface area contributed by atoms with Gasteiger partial charge in [-0.15, -0.1) is 0 Å². The minimum Gasteiger partial charge on any atom is -0.328 e. The van der Waals surface area contributed by atoms with E-state index in [4.69, 9.17) is 4.55 Å². The van der Waals surface area contributed by atoms with Gasteiger partial charge in [0.15, 0.2) is 0 Å². The number of hydrogen-bond acceptors (Lipinski definition) is 4. The van der Waals surface area contributed by atoms with Crippen LogP contribution in [0.1, 0.15) is 0 Å². The summed E-state index contributed by atoms with van der Waals surface area (Å²) < 4.78 is 28.8. The summed E-state index contributed by atoms with van der Waals surface area (Å²) >= 11 is 0. The van der Waals surface area contributed by atoms with Crippen LogP contribution >= 0.6 is 0 Å². The highest BCUT2D eigenvalue weighted by Crippen LogP contribution is 1.98. The summed E-state index contributed by atoms with van der Waals surface area (Å²) in [5.41, 5.74) is 5.91. The molecule has 10 heavy (non-hydrogen) atoms. The summed E-state index contributed by atoms with van der Waals surface area (Å²) in [6.07, 6.45) is 1.52. The Morgan fingerprint density at radius 1 is 1.70 bits per heavy atom. The van der Waals surface area contributed by atoms with Crippen LogP contribution in [0.4, 0.5) is 0 Å². The number of nitrogens with one attached hydrogen (secondary N) is 2. The molecule has 5 nitrogen and oxygen atoms in total. The van der Waals surface area contributed by atoms with E-state index < -0.39 is 10.1 Å². The van der Waals surface area contributed by atoms with Crippen molar-refractivity contribution in [3.63, 3.8) is 0 Å². The van der Waals surface area contributed by atoms with Crippen LogP contribution in [-0.4, -0.2) is 25.3 Å². The molecule has 1 rings (SSSR count). The van der Waals surface area contributed by atoms with Crippen LogP contribution in [0.3, 0.4) is 0 Å². The van der Waals surface area contributed by atoms with Gasteiger partial charge < -0.3 is 5.43 Å². The van der Waals surface area contributed by atoms with E-state index in [9.17, 15) is 8.42 Å². The monoisotopic (exact) mass is 164 g/mol. The molecule has 58 valence electrons. The van der Waals surface area contributed by atoms with E-state index in [2.05, 4.69) is 10.9 Å². The summed E-state index contributed by atoms with van der Waals surface area (Å²) in [5.74, 6) is -0.299. The van der Waals surface area contributed by atoms with Crippen LogP contribution in [0, 0.1) is 0 Å². The van der Waals surface area contributed by atoms with Gasteiger partial charge in [0, 0.05) is 12.7 Å². The Morgan fingerprint density at radius 3 is 2.80 bits per heavy atom. The minimum atomic E-state index is -3.86. The topological polar surface area (TPSA) is 78.4 Å². The second-order valence-electron chi connectivity index (χ2n) is 2.03. The Morgan fingerprint density at radius 2 is 2.40 bits per heavy atom. The summed E-state index contributed by atoms with van der Waals surface area (Å²) in [6, 6.07) is 0. The molecule has 0 saturated heterocycles. The SMILES string of the molecule is O=S(=O)(O)CC1=CNNC1. The fourth-order valence-corrected chi connectivity index (χ4v) is 1.35. The second kappa shape index (κ2) is 2.57. The number of rotatable bonds is 2. The van der Waals surface area contributed by atoms with Gasteiger partial charge in [0.1, 0.15) is 0 Å². The summed E-state index contributed by atoms with van der Waals surface area (Å²) in [6.45, 7) is 0.458. The number of hydrazine groups is 1. The zero-order valence-electron chi connectivity index (χ0n) is 5.16. The Kier molecular flexibility index (Phi) is 1.93. The molecule has 0 radical (unpaired) electrons. The van der Waals surface area contributed by atoms with E-state index in [1.54, 1.807) is 0 Å². The first kappa shape index (κ1) is 7.52. The van der Waals surface area contributed by atoms with Gasteiger partial charge in [0.25, 0.3) is 10.1 Å². The molecule has 0 saturated carbocycles. The van der Waals surface area contributed by atoms with Gasteiger partial charge in [0.2, 0.25) is 0 Å². The lowest BCUT2D eigenvalue weighted by atomic mass is 10.4. The van der Waals surface area contributed by atoms with E-state index in [0.29, 0.717) is 12.1 Å². The Labute approximate surface area is 58.8 Å². The van der Waals surface area contributed by atoms with Gasteiger partial charge in [-0.05, 0) is 5.57 Å². The molecule has 0 unspecified atom stereocenters. The Hall–Kier alpha value is -0.590. The van der Waals surface area contributed by atoms with Crippen molar-refractivity contribution < 1.29 is 13.0 Å². The largest absolute Gasteiger partial charge is 0.328 e. The molecule has 0 aliphatic carbocycles. The predicted octanol–water partition coefficient (Wildman–Crippen LogP) is -1.13. The van der Waals surface area contributed by atoms with Gasteiger partial charge in [-0.1, -0.05) is 0 Å². The van der Waals surface area contributed by atoms with E-state index in [-0.39, 0.29) is 5.75 Å². The smallest absolute Gasteiger partial charge is 0.268 e. The number of hydrogen-bond donors (Lipinski definition) is 3. The molecule has 0 aromatic carbocycles. The second-order valence-corrected chi connectivity index (χ2v) is 3.48. The van der Waals surface area contributed by atoms with Crippen molar-refractivity contribution >= 4 is 10.1 Å². The summed E-state index contributed by atoms with van der Waals surface area (Å²) in [4.78, 5) is 0. The van der Waals surface area contributed by atoms with Gasteiger partial charge >= 0.3 is 0 Å². The zero-order chi connectivity index (χ0) is 7.61. The first-order valence-corrected chi connectivity index (χ1v) is 4.30. The molecule has 1 heterocycles. The molecule has 0 amide bonds. The van der Waals surface area contributed by atoms with Crippen molar-refractivity contribution in [3.8, 4) is 0 Å². The first-order valence-electron chi connectivity index (χ1n) is 2.69. The highest BCUT2D eigenvalue weighted by atomic mass is 32.2. The third-order valence-corrected chi connectivity index (χ3v) is 1.80. The van der Waals surface area contributed by atoms with Crippen molar-refractivity contribution in [2.24, 2.45) is 0 Å². The Balaban J connectivity index is 2.54. The standard InChI is InChI=1S/C4H8N2O3S/c7-10(8,9)3-4-1-5-6-2-4/h1,5-6H,2-3H2,(H,7,8,9). The van der Waals surface area contributed by atoms with Crippen molar-refractivity contribution in [3.05, 3.63) is 11.8 Å². The summed E-state index contributed by atoms with van der Waals surface area (Å²) in [5, 5.41) is 0. The summed E-state index contributed by atoms with van der Waals surface area (Å²) in [7, 11) is -3.86. The molecule has 1 aliphatic rings. The highest BCUT2D eigenvalue weighted by Gasteiger charge is 2.11. The predicted molar refractivity (Wildman–Crippen MR) is 35.6 cm³/mol. The van der Waals surface area contributed by atoms with E-state index in [1.807, 2.05) is 0 Å². The van der Waals surface area contributed by atoms with Gasteiger partial charge in [0.05, 0.1) is 5.75 Å². The van der Waals surface area contributed by atoms with Crippen LogP contribution in [0.15, 0.2) is 11.8 Å². The zero-order valence-corrected chi connectivity index (χ0v) is 5.98. The molecule has 6 heteroatoms. The molecule has 0 aromatic heterocycles. The van der Waals surface area contributed by atoms with Gasteiger partial charge in [-0.3, -0.25) is 4.55 Å². The first-order chi connectivity index (χ1) is 4.58. The van der Waals surface area contributed by atoms with Crippen molar-refractivity contribution in [2.45, 2.75) is 0 Å².